The average molecular weight is 371 g/mol. The minimum absolute atomic E-state index is 0.0304. The highest BCUT2D eigenvalue weighted by Gasteiger charge is 2.10. The number of amides is 1. The van der Waals surface area contributed by atoms with Crippen LogP contribution >= 0.6 is 15.9 Å². The van der Waals surface area contributed by atoms with E-state index in [4.69, 9.17) is 0 Å². The Morgan fingerprint density at radius 3 is 2.74 bits per heavy atom. The van der Waals surface area contributed by atoms with Crippen molar-refractivity contribution in [1.29, 1.82) is 0 Å². The van der Waals surface area contributed by atoms with E-state index < -0.39 is 0 Å². The lowest BCUT2D eigenvalue weighted by Crippen LogP contribution is -2.25. The summed E-state index contributed by atoms with van der Waals surface area (Å²) in [7, 11) is 0. The molecular weight excluding hydrogens is 352 g/mol. The lowest BCUT2D eigenvalue weighted by Gasteiger charge is -2.07. The van der Waals surface area contributed by atoms with Crippen LogP contribution < -0.4 is 5.32 Å². The predicted molar refractivity (Wildman–Crippen MR) is 98.0 cm³/mol. The molecule has 0 aliphatic heterocycles. The number of fused-ring (bicyclic) bond motifs is 1. The van der Waals surface area contributed by atoms with Gasteiger partial charge in [0.25, 0.3) is 5.91 Å². The van der Waals surface area contributed by atoms with Gasteiger partial charge in [-0.25, -0.2) is 0 Å². The van der Waals surface area contributed by atoms with Gasteiger partial charge in [0.1, 0.15) is 0 Å². The lowest BCUT2D eigenvalue weighted by molar-refractivity contribution is 0.0954. The summed E-state index contributed by atoms with van der Waals surface area (Å²) in [6.07, 6.45) is 0.803. The summed E-state index contributed by atoms with van der Waals surface area (Å²) in [4.78, 5) is 15.7. The molecule has 0 saturated carbocycles. The van der Waals surface area contributed by atoms with Gasteiger partial charge in [-0.3, -0.25) is 4.79 Å². The predicted octanol–water partition coefficient (Wildman–Crippen LogP) is 4.52. The third kappa shape index (κ3) is 3.32. The molecule has 1 amide bonds. The molecule has 0 atom stereocenters. The molecular formula is C19H19BrN2O. The van der Waals surface area contributed by atoms with Crippen LogP contribution in [0.5, 0.6) is 0 Å². The van der Waals surface area contributed by atoms with Crippen LogP contribution in [0.15, 0.2) is 46.9 Å². The monoisotopic (exact) mass is 370 g/mol. The maximum absolute atomic E-state index is 12.3. The molecule has 3 nitrogen and oxygen atoms in total. The summed E-state index contributed by atoms with van der Waals surface area (Å²) < 4.78 is 1.08. The van der Waals surface area contributed by atoms with E-state index in [1.54, 1.807) is 0 Å². The number of aryl methyl sites for hydroxylation is 2. The molecule has 1 heterocycles. The highest BCUT2D eigenvalue weighted by Crippen LogP contribution is 2.22. The Morgan fingerprint density at radius 1 is 1.17 bits per heavy atom. The molecule has 0 aliphatic carbocycles. The summed E-state index contributed by atoms with van der Waals surface area (Å²) in [6, 6.07) is 13.9. The fourth-order valence-electron chi connectivity index (χ4n) is 2.72. The summed E-state index contributed by atoms with van der Waals surface area (Å²) in [5, 5.41) is 4.11. The number of hydrogen-bond donors (Lipinski definition) is 2. The number of aromatic nitrogens is 1. The molecule has 2 aromatic carbocycles. The molecule has 2 N–H and O–H groups in total. The Balaban J connectivity index is 1.69. The molecule has 118 valence electrons. The molecule has 23 heavy (non-hydrogen) atoms. The van der Waals surface area contributed by atoms with Gasteiger partial charge in [-0.1, -0.05) is 34.1 Å². The zero-order valence-electron chi connectivity index (χ0n) is 13.2. The van der Waals surface area contributed by atoms with Crippen LogP contribution in [-0.2, 0) is 6.42 Å². The van der Waals surface area contributed by atoms with Crippen LogP contribution in [0.3, 0.4) is 0 Å². The van der Waals surface area contributed by atoms with E-state index in [-0.39, 0.29) is 5.91 Å². The van der Waals surface area contributed by atoms with E-state index in [1.165, 1.54) is 11.1 Å². The van der Waals surface area contributed by atoms with E-state index >= 15 is 0 Å². The van der Waals surface area contributed by atoms with Crippen molar-refractivity contribution in [3.05, 3.63) is 69.3 Å². The second-order valence-corrected chi connectivity index (χ2v) is 6.59. The van der Waals surface area contributed by atoms with Gasteiger partial charge in [-0.15, -0.1) is 0 Å². The van der Waals surface area contributed by atoms with Gasteiger partial charge < -0.3 is 10.3 Å². The molecule has 4 heteroatoms. The van der Waals surface area contributed by atoms with E-state index in [2.05, 4.69) is 39.2 Å². The second kappa shape index (κ2) is 6.59. The Bertz CT molecular complexity index is 867. The Labute approximate surface area is 144 Å². The first kappa shape index (κ1) is 15.8. The third-order valence-corrected chi connectivity index (χ3v) is 4.98. The van der Waals surface area contributed by atoms with Crippen molar-refractivity contribution < 1.29 is 4.79 Å². The summed E-state index contributed by atoms with van der Waals surface area (Å²) in [5.74, 6) is -0.0304. The summed E-state index contributed by atoms with van der Waals surface area (Å²) in [6.45, 7) is 4.74. The maximum Gasteiger partial charge on any atom is 0.251 e. The van der Waals surface area contributed by atoms with Crippen LogP contribution in [0.2, 0.25) is 0 Å². The zero-order chi connectivity index (χ0) is 16.4. The normalized spacial score (nSPS) is 10.9. The number of nitrogens with one attached hydrogen (secondary N) is 2. The van der Waals surface area contributed by atoms with Crippen molar-refractivity contribution in [2.45, 2.75) is 20.3 Å². The van der Waals surface area contributed by atoms with E-state index in [1.807, 2.05) is 43.3 Å². The van der Waals surface area contributed by atoms with Crippen molar-refractivity contribution >= 4 is 32.7 Å². The van der Waals surface area contributed by atoms with E-state index in [9.17, 15) is 4.79 Å². The van der Waals surface area contributed by atoms with Crippen LogP contribution in [0.4, 0.5) is 0 Å². The van der Waals surface area contributed by atoms with Crippen LogP contribution in [0.1, 0.15) is 27.2 Å². The quantitative estimate of drug-likeness (QED) is 0.696. The number of halogens is 1. The number of hydrogen-bond acceptors (Lipinski definition) is 1. The van der Waals surface area contributed by atoms with Crippen molar-refractivity contribution in [2.24, 2.45) is 0 Å². The first-order chi connectivity index (χ1) is 11.1. The molecule has 1 aromatic heterocycles. The van der Waals surface area contributed by atoms with Gasteiger partial charge in [0, 0.05) is 33.2 Å². The zero-order valence-corrected chi connectivity index (χ0v) is 14.8. The number of H-pyrrole nitrogens is 1. The van der Waals surface area contributed by atoms with Crippen molar-refractivity contribution in [3.63, 3.8) is 0 Å². The molecule has 0 saturated heterocycles. The smallest absolute Gasteiger partial charge is 0.251 e. The number of carbonyl (C=O) groups is 1. The van der Waals surface area contributed by atoms with Crippen LogP contribution in [0.25, 0.3) is 10.9 Å². The highest BCUT2D eigenvalue weighted by atomic mass is 79.9. The minimum atomic E-state index is -0.0304. The van der Waals surface area contributed by atoms with Crippen LogP contribution in [0, 0.1) is 13.8 Å². The summed E-state index contributed by atoms with van der Waals surface area (Å²) >= 11 is 3.53. The third-order valence-electron chi connectivity index (χ3n) is 4.21. The summed E-state index contributed by atoms with van der Waals surface area (Å²) in [5.41, 5.74) is 5.31. The SMILES string of the molecule is Cc1[nH]c2ccc(C(=O)NCCc3ccccc3Br)cc2c1C. The molecule has 0 fully saturated rings. The van der Waals surface area contributed by atoms with Gasteiger partial charge in [0.15, 0.2) is 0 Å². The number of benzene rings is 2. The topological polar surface area (TPSA) is 44.9 Å². The van der Waals surface area contributed by atoms with Gasteiger partial charge in [-0.2, -0.15) is 0 Å². The first-order valence-corrected chi connectivity index (χ1v) is 8.46. The van der Waals surface area contributed by atoms with E-state index in [0.29, 0.717) is 12.1 Å². The fraction of sp³-hybridized carbons (Fsp3) is 0.211. The molecule has 3 aromatic rings. The van der Waals surface area contributed by atoms with Gasteiger partial charge >= 0.3 is 0 Å². The first-order valence-electron chi connectivity index (χ1n) is 7.67. The largest absolute Gasteiger partial charge is 0.358 e. The van der Waals surface area contributed by atoms with Gasteiger partial charge in [0.05, 0.1) is 0 Å². The molecule has 0 spiro atoms. The standard InChI is InChI=1S/C19H19BrN2O/c1-12-13(2)22-18-8-7-15(11-16(12)18)19(23)21-10-9-14-5-3-4-6-17(14)20/h3-8,11,22H,9-10H2,1-2H3,(H,21,23). The Hall–Kier alpha value is -2.07. The van der Waals surface area contributed by atoms with Crippen molar-refractivity contribution in [1.82, 2.24) is 10.3 Å². The highest BCUT2D eigenvalue weighted by molar-refractivity contribution is 9.10. The minimum Gasteiger partial charge on any atom is -0.358 e. The molecule has 0 bridgehead atoms. The number of carbonyl (C=O) groups excluding carboxylic acids is 1. The second-order valence-electron chi connectivity index (χ2n) is 5.73. The Morgan fingerprint density at radius 2 is 1.96 bits per heavy atom. The molecule has 0 unspecified atom stereocenters. The number of aromatic amines is 1. The maximum atomic E-state index is 12.3. The van der Waals surface area contributed by atoms with Crippen molar-refractivity contribution in [3.8, 4) is 0 Å². The van der Waals surface area contributed by atoms with Crippen molar-refractivity contribution in [2.75, 3.05) is 6.54 Å². The number of rotatable bonds is 4. The molecule has 0 radical (unpaired) electrons. The van der Waals surface area contributed by atoms with Gasteiger partial charge in [-0.05, 0) is 55.7 Å². The fourth-order valence-corrected chi connectivity index (χ4v) is 3.20. The van der Waals surface area contributed by atoms with Crippen LogP contribution in [-0.4, -0.2) is 17.4 Å². The van der Waals surface area contributed by atoms with Gasteiger partial charge in [0.2, 0.25) is 0 Å². The molecule has 3 rings (SSSR count). The van der Waals surface area contributed by atoms with E-state index in [0.717, 1.165) is 27.5 Å². The molecule has 0 aliphatic rings. The average Bonchev–Trinajstić information content (AvgIpc) is 2.83. The Kier molecular flexibility index (Phi) is 4.53. The lowest BCUT2D eigenvalue weighted by atomic mass is 10.1.